The van der Waals surface area contributed by atoms with Gasteiger partial charge in [0, 0.05) is 32.8 Å². The van der Waals surface area contributed by atoms with Gasteiger partial charge in [-0.15, -0.1) is 11.3 Å². The van der Waals surface area contributed by atoms with Crippen LogP contribution in [0.15, 0.2) is 29.8 Å². The standard InChI is InChI=1S/C19H25N5O2S/c1-13(2)24-18-15(12-22-24)14(11-16(23-18)17-5-4-10-27-17)19(25)21-7-6-20-8-9-26-3/h4-5,10-13,20H,6-9H2,1-3H3,(H,21,25). The van der Waals surface area contributed by atoms with Gasteiger partial charge in [0.2, 0.25) is 0 Å². The first-order valence-corrected chi connectivity index (χ1v) is 9.89. The minimum atomic E-state index is -0.114. The average Bonchev–Trinajstić information content (AvgIpc) is 3.33. The number of rotatable bonds is 9. The first kappa shape index (κ1) is 19.5. The van der Waals surface area contributed by atoms with E-state index in [9.17, 15) is 4.79 Å². The number of carbonyl (C=O) groups excluding carboxylic acids is 1. The summed E-state index contributed by atoms with van der Waals surface area (Å²) in [5.74, 6) is -0.114. The molecule has 0 spiro atoms. The monoisotopic (exact) mass is 387 g/mol. The number of fused-ring (bicyclic) bond motifs is 1. The number of aromatic nitrogens is 3. The summed E-state index contributed by atoms with van der Waals surface area (Å²) >= 11 is 1.61. The molecule has 0 aliphatic carbocycles. The summed E-state index contributed by atoms with van der Waals surface area (Å²) in [6.07, 6.45) is 1.73. The highest BCUT2D eigenvalue weighted by molar-refractivity contribution is 7.13. The summed E-state index contributed by atoms with van der Waals surface area (Å²) in [7, 11) is 1.67. The molecule has 1 amide bonds. The van der Waals surface area contributed by atoms with Gasteiger partial charge in [0.15, 0.2) is 5.65 Å². The van der Waals surface area contributed by atoms with Gasteiger partial charge in [-0.2, -0.15) is 5.10 Å². The highest BCUT2D eigenvalue weighted by atomic mass is 32.1. The van der Waals surface area contributed by atoms with Crippen LogP contribution in [0.1, 0.15) is 30.2 Å². The number of nitrogens with zero attached hydrogens (tertiary/aromatic N) is 3. The molecule has 0 unspecified atom stereocenters. The fraction of sp³-hybridized carbons (Fsp3) is 0.421. The van der Waals surface area contributed by atoms with Crippen LogP contribution in [0.3, 0.4) is 0 Å². The predicted octanol–water partition coefficient (Wildman–Crippen LogP) is 2.71. The summed E-state index contributed by atoms with van der Waals surface area (Å²) in [5.41, 5.74) is 2.13. The molecule has 7 nitrogen and oxygen atoms in total. The second kappa shape index (κ2) is 9.07. The molecule has 0 bridgehead atoms. The normalized spacial score (nSPS) is 11.4. The lowest BCUT2D eigenvalue weighted by Crippen LogP contribution is -2.33. The minimum Gasteiger partial charge on any atom is -0.383 e. The number of amides is 1. The van der Waals surface area contributed by atoms with Crippen LogP contribution < -0.4 is 10.6 Å². The van der Waals surface area contributed by atoms with E-state index in [2.05, 4.69) is 29.6 Å². The van der Waals surface area contributed by atoms with E-state index in [1.165, 1.54) is 0 Å². The number of thiophene rings is 1. The summed E-state index contributed by atoms with van der Waals surface area (Å²) in [6, 6.07) is 6.01. The van der Waals surface area contributed by atoms with E-state index in [1.807, 2.05) is 28.3 Å². The van der Waals surface area contributed by atoms with Crippen molar-refractivity contribution in [3.05, 3.63) is 35.3 Å². The van der Waals surface area contributed by atoms with Crippen molar-refractivity contribution in [3.8, 4) is 10.6 Å². The smallest absolute Gasteiger partial charge is 0.252 e. The van der Waals surface area contributed by atoms with Crippen molar-refractivity contribution in [1.82, 2.24) is 25.4 Å². The summed E-state index contributed by atoms with van der Waals surface area (Å²) in [4.78, 5) is 18.6. The molecule has 0 radical (unpaired) electrons. The Morgan fingerprint density at radius 3 is 2.89 bits per heavy atom. The zero-order chi connectivity index (χ0) is 19.2. The Balaban J connectivity index is 1.86. The maximum atomic E-state index is 12.8. The fourth-order valence-corrected chi connectivity index (χ4v) is 3.48. The van der Waals surface area contributed by atoms with Gasteiger partial charge in [0.1, 0.15) is 0 Å². The van der Waals surface area contributed by atoms with Crippen LogP contribution >= 0.6 is 11.3 Å². The molecule has 0 aliphatic heterocycles. The molecule has 0 saturated heterocycles. The molecule has 3 rings (SSSR count). The molecule has 144 valence electrons. The summed E-state index contributed by atoms with van der Waals surface area (Å²) in [6.45, 7) is 6.74. The number of pyridine rings is 1. The molecule has 0 saturated carbocycles. The second-order valence-corrected chi connectivity index (χ2v) is 7.40. The van der Waals surface area contributed by atoms with Gasteiger partial charge in [-0.05, 0) is 31.4 Å². The van der Waals surface area contributed by atoms with E-state index >= 15 is 0 Å². The number of ether oxygens (including phenoxy) is 1. The van der Waals surface area contributed by atoms with Gasteiger partial charge >= 0.3 is 0 Å². The van der Waals surface area contributed by atoms with Gasteiger partial charge in [0.05, 0.1) is 34.3 Å². The number of carbonyl (C=O) groups is 1. The van der Waals surface area contributed by atoms with Crippen molar-refractivity contribution in [2.75, 3.05) is 33.4 Å². The van der Waals surface area contributed by atoms with Crippen LogP contribution in [0.5, 0.6) is 0 Å². The lowest BCUT2D eigenvalue weighted by molar-refractivity contribution is 0.0955. The third kappa shape index (κ3) is 4.52. The summed E-state index contributed by atoms with van der Waals surface area (Å²) in [5, 5.41) is 13.4. The molecular formula is C19H25N5O2S. The van der Waals surface area contributed by atoms with Gasteiger partial charge in [-0.3, -0.25) is 4.79 Å². The molecule has 0 fully saturated rings. The highest BCUT2D eigenvalue weighted by Gasteiger charge is 2.18. The first-order chi connectivity index (χ1) is 13.1. The Labute approximate surface area is 162 Å². The molecule has 3 aromatic heterocycles. The van der Waals surface area contributed by atoms with Crippen LogP contribution in [0.25, 0.3) is 21.6 Å². The zero-order valence-corrected chi connectivity index (χ0v) is 16.7. The van der Waals surface area contributed by atoms with E-state index < -0.39 is 0 Å². The van der Waals surface area contributed by atoms with E-state index in [4.69, 9.17) is 9.72 Å². The number of hydrogen-bond donors (Lipinski definition) is 2. The van der Waals surface area contributed by atoms with E-state index in [0.29, 0.717) is 25.3 Å². The molecular weight excluding hydrogens is 362 g/mol. The molecule has 27 heavy (non-hydrogen) atoms. The van der Waals surface area contributed by atoms with E-state index in [1.54, 1.807) is 24.6 Å². The molecule has 3 heterocycles. The average molecular weight is 388 g/mol. The third-order valence-electron chi connectivity index (χ3n) is 4.14. The lowest BCUT2D eigenvalue weighted by atomic mass is 10.1. The van der Waals surface area contributed by atoms with Crippen LogP contribution in [0.4, 0.5) is 0 Å². The molecule has 2 N–H and O–H groups in total. The second-order valence-electron chi connectivity index (χ2n) is 6.45. The number of methoxy groups -OCH3 is 1. The maximum Gasteiger partial charge on any atom is 0.252 e. The van der Waals surface area contributed by atoms with Crippen LogP contribution in [0, 0.1) is 0 Å². The van der Waals surface area contributed by atoms with Crippen molar-refractivity contribution in [2.24, 2.45) is 0 Å². The highest BCUT2D eigenvalue weighted by Crippen LogP contribution is 2.28. The van der Waals surface area contributed by atoms with Crippen molar-refractivity contribution >= 4 is 28.3 Å². The quantitative estimate of drug-likeness (QED) is 0.552. The Bertz CT molecular complexity index is 889. The topological polar surface area (TPSA) is 81.1 Å². The van der Waals surface area contributed by atoms with Crippen LogP contribution in [0.2, 0.25) is 0 Å². The van der Waals surface area contributed by atoms with E-state index in [0.717, 1.165) is 28.1 Å². The molecule has 0 aromatic carbocycles. The molecule has 0 aliphatic rings. The fourth-order valence-electron chi connectivity index (χ4n) is 2.79. The van der Waals surface area contributed by atoms with Crippen molar-refractivity contribution in [2.45, 2.75) is 19.9 Å². The summed E-state index contributed by atoms with van der Waals surface area (Å²) < 4.78 is 6.85. The number of nitrogens with one attached hydrogen (secondary N) is 2. The SMILES string of the molecule is COCCNCCNC(=O)c1cc(-c2cccs2)nc2c1cnn2C(C)C. The predicted molar refractivity (Wildman–Crippen MR) is 108 cm³/mol. The Morgan fingerprint density at radius 2 is 2.19 bits per heavy atom. The van der Waals surface area contributed by atoms with Crippen molar-refractivity contribution in [3.63, 3.8) is 0 Å². The van der Waals surface area contributed by atoms with Gasteiger partial charge < -0.3 is 15.4 Å². The van der Waals surface area contributed by atoms with Gasteiger partial charge in [-0.1, -0.05) is 6.07 Å². The van der Waals surface area contributed by atoms with Crippen LogP contribution in [-0.4, -0.2) is 54.0 Å². The van der Waals surface area contributed by atoms with Crippen LogP contribution in [-0.2, 0) is 4.74 Å². The Hall–Kier alpha value is -2.29. The lowest BCUT2D eigenvalue weighted by Gasteiger charge is -2.11. The Kier molecular flexibility index (Phi) is 6.54. The Morgan fingerprint density at radius 1 is 1.33 bits per heavy atom. The number of hydrogen-bond acceptors (Lipinski definition) is 6. The van der Waals surface area contributed by atoms with Crippen molar-refractivity contribution < 1.29 is 9.53 Å². The maximum absolute atomic E-state index is 12.8. The van der Waals surface area contributed by atoms with Crippen molar-refractivity contribution in [1.29, 1.82) is 0 Å². The largest absolute Gasteiger partial charge is 0.383 e. The zero-order valence-electron chi connectivity index (χ0n) is 15.9. The third-order valence-corrected chi connectivity index (χ3v) is 5.04. The first-order valence-electron chi connectivity index (χ1n) is 9.01. The minimum absolute atomic E-state index is 0.114. The van der Waals surface area contributed by atoms with Gasteiger partial charge in [-0.25, -0.2) is 9.67 Å². The molecule has 0 atom stereocenters. The molecule has 3 aromatic rings. The molecule has 8 heteroatoms. The van der Waals surface area contributed by atoms with Gasteiger partial charge in [0.25, 0.3) is 5.91 Å². The van der Waals surface area contributed by atoms with E-state index in [-0.39, 0.29) is 11.9 Å².